The average molecular weight is 369 g/mol. The molecule has 0 bridgehead atoms. The predicted octanol–water partition coefficient (Wildman–Crippen LogP) is 4.17. The molecule has 0 spiro atoms. The van der Waals surface area contributed by atoms with Gasteiger partial charge in [-0.2, -0.15) is 0 Å². The molecular weight excluding hydrogens is 344 g/mol. The van der Waals surface area contributed by atoms with Gasteiger partial charge >= 0.3 is 0 Å². The van der Waals surface area contributed by atoms with Gasteiger partial charge in [0, 0.05) is 19.2 Å². The first-order valence-corrected chi connectivity index (χ1v) is 9.65. The number of amides is 1. The summed E-state index contributed by atoms with van der Waals surface area (Å²) in [7, 11) is 1.64. The Bertz CT molecular complexity index is 915. The van der Waals surface area contributed by atoms with E-state index in [0.717, 1.165) is 33.8 Å². The lowest BCUT2D eigenvalue weighted by atomic mass is 10.0. The third-order valence-electron chi connectivity index (χ3n) is 4.15. The zero-order valence-corrected chi connectivity index (χ0v) is 16.4. The zero-order valence-electron chi connectivity index (χ0n) is 15.6. The van der Waals surface area contributed by atoms with Gasteiger partial charge in [0.25, 0.3) is 5.91 Å². The van der Waals surface area contributed by atoms with E-state index >= 15 is 0 Å². The number of thiophene rings is 1. The topological polar surface area (TPSA) is 66.9 Å². The summed E-state index contributed by atoms with van der Waals surface area (Å²) in [6, 6.07) is 7.60. The van der Waals surface area contributed by atoms with Gasteiger partial charge < -0.3 is 10.6 Å². The van der Waals surface area contributed by atoms with E-state index in [9.17, 15) is 4.79 Å². The second-order valence-electron chi connectivity index (χ2n) is 6.79. The lowest BCUT2D eigenvalue weighted by molar-refractivity contribution is 0.0963. The van der Waals surface area contributed by atoms with E-state index in [4.69, 9.17) is 0 Å². The molecule has 0 saturated heterocycles. The summed E-state index contributed by atoms with van der Waals surface area (Å²) in [6.07, 6.45) is 1.02. The Labute approximate surface area is 157 Å². The van der Waals surface area contributed by atoms with Crippen LogP contribution in [0.3, 0.4) is 0 Å². The number of carbonyl (C=O) groups excluding carboxylic acids is 1. The van der Waals surface area contributed by atoms with Crippen LogP contribution in [0.15, 0.2) is 29.6 Å². The number of carbonyl (C=O) groups is 1. The SMILES string of the molecule is CNC(=O)c1ccc(CNc2nc(C)nc3scc(CC(C)C)c23)cc1. The fourth-order valence-electron chi connectivity index (χ4n) is 2.93. The number of aryl methyl sites for hydroxylation is 1. The van der Waals surface area contributed by atoms with Crippen molar-refractivity contribution < 1.29 is 4.79 Å². The van der Waals surface area contributed by atoms with Crippen molar-refractivity contribution in [2.24, 2.45) is 5.92 Å². The summed E-state index contributed by atoms with van der Waals surface area (Å²) in [4.78, 5) is 21.9. The van der Waals surface area contributed by atoms with Crippen molar-refractivity contribution in [3.8, 4) is 0 Å². The Morgan fingerprint density at radius 1 is 1.19 bits per heavy atom. The molecule has 0 aliphatic carbocycles. The standard InChI is InChI=1S/C20H24N4OS/c1-12(2)9-16-11-26-20-17(16)18(23-13(3)24-20)22-10-14-5-7-15(8-6-14)19(25)21-4/h5-8,11-12H,9-10H2,1-4H3,(H,21,25)(H,22,23,24). The lowest BCUT2D eigenvalue weighted by Crippen LogP contribution is -2.17. The highest BCUT2D eigenvalue weighted by Gasteiger charge is 2.14. The Balaban J connectivity index is 1.84. The van der Waals surface area contributed by atoms with E-state index in [1.54, 1.807) is 18.4 Å². The Kier molecular flexibility index (Phi) is 5.52. The maximum absolute atomic E-state index is 11.6. The van der Waals surface area contributed by atoms with Crippen LogP contribution in [0.1, 0.15) is 41.2 Å². The second-order valence-corrected chi connectivity index (χ2v) is 7.65. The molecule has 2 aromatic heterocycles. The van der Waals surface area contributed by atoms with E-state index in [-0.39, 0.29) is 5.91 Å². The molecule has 0 atom stereocenters. The Hall–Kier alpha value is -2.47. The summed E-state index contributed by atoms with van der Waals surface area (Å²) < 4.78 is 0. The number of nitrogens with zero attached hydrogens (tertiary/aromatic N) is 2. The lowest BCUT2D eigenvalue weighted by Gasteiger charge is -2.11. The number of aromatic nitrogens is 2. The molecule has 26 heavy (non-hydrogen) atoms. The van der Waals surface area contributed by atoms with Gasteiger partial charge in [0.15, 0.2) is 0 Å². The molecule has 0 unspecified atom stereocenters. The van der Waals surface area contributed by atoms with Crippen LogP contribution < -0.4 is 10.6 Å². The van der Waals surface area contributed by atoms with Crippen LogP contribution in [-0.4, -0.2) is 22.9 Å². The molecular formula is C20H24N4OS. The molecule has 0 fully saturated rings. The third kappa shape index (κ3) is 4.02. The van der Waals surface area contributed by atoms with Gasteiger partial charge in [-0.3, -0.25) is 4.79 Å². The highest BCUT2D eigenvalue weighted by Crippen LogP contribution is 2.31. The summed E-state index contributed by atoms with van der Waals surface area (Å²) in [5.74, 6) is 2.17. The molecule has 0 aliphatic rings. The fraction of sp³-hybridized carbons (Fsp3) is 0.350. The minimum Gasteiger partial charge on any atom is -0.365 e. The van der Waals surface area contributed by atoms with Gasteiger partial charge in [-0.15, -0.1) is 11.3 Å². The van der Waals surface area contributed by atoms with Crippen LogP contribution in [0.5, 0.6) is 0 Å². The number of anilines is 1. The highest BCUT2D eigenvalue weighted by molar-refractivity contribution is 7.17. The first-order chi connectivity index (χ1) is 12.5. The minimum absolute atomic E-state index is 0.0748. The Morgan fingerprint density at radius 3 is 2.58 bits per heavy atom. The molecule has 1 amide bonds. The summed E-state index contributed by atoms with van der Waals surface area (Å²) >= 11 is 1.68. The van der Waals surface area contributed by atoms with Crippen molar-refractivity contribution in [2.45, 2.75) is 33.7 Å². The average Bonchev–Trinajstić information content (AvgIpc) is 3.01. The molecule has 1 aromatic carbocycles. The van der Waals surface area contributed by atoms with Crippen molar-refractivity contribution in [1.29, 1.82) is 0 Å². The number of hydrogen-bond acceptors (Lipinski definition) is 5. The molecule has 0 aliphatic heterocycles. The van der Waals surface area contributed by atoms with Crippen LogP contribution in [-0.2, 0) is 13.0 Å². The molecule has 136 valence electrons. The zero-order chi connectivity index (χ0) is 18.7. The van der Waals surface area contributed by atoms with Crippen LogP contribution in [0.2, 0.25) is 0 Å². The van der Waals surface area contributed by atoms with Gasteiger partial charge in [-0.1, -0.05) is 26.0 Å². The van der Waals surface area contributed by atoms with Crippen molar-refractivity contribution in [1.82, 2.24) is 15.3 Å². The van der Waals surface area contributed by atoms with Gasteiger partial charge in [-0.25, -0.2) is 9.97 Å². The number of hydrogen-bond donors (Lipinski definition) is 2. The molecule has 2 N–H and O–H groups in total. The van der Waals surface area contributed by atoms with Gasteiger partial charge in [0.05, 0.1) is 5.39 Å². The number of nitrogens with one attached hydrogen (secondary N) is 2. The molecule has 2 heterocycles. The third-order valence-corrected chi connectivity index (χ3v) is 5.07. The van der Waals surface area contributed by atoms with Crippen molar-refractivity contribution >= 4 is 33.3 Å². The molecule has 6 heteroatoms. The van der Waals surface area contributed by atoms with E-state index in [1.807, 2.05) is 31.2 Å². The van der Waals surface area contributed by atoms with Crippen LogP contribution in [0.4, 0.5) is 5.82 Å². The molecule has 0 radical (unpaired) electrons. The van der Waals surface area contributed by atoms with Gasteiger partial charge in [-0.05, 0) is 47.9 Å². The maximum Gasteiger partial charge on any atom is 0.251 e. The van der Waals surface area contributed by atoms with Crippen molar-refractivity contribution in [2.75, 3.05) is 12.4 Å². The molecule has 3 rings (SSSR count). The van der Waals surface area contributed by atoms with Crippen LogP contribution >= 0.6 is 11.3 Å². The minimum atomic E-state index is -0.0748. The van der Waals surface area contributed by atoms with Crippen molar-refractivity contribution in [3.63, 3.8) is 0 Å². The maximum atomic E-state index is 11.6. The quantitative estimate of drug-likeness (QED) is 0.685. The highest BCUT2D eigenvalue weighted by atomic mass is 32.1. The summed E-state index contributed by atoms with van der Waals surface area (Å²) in [6.45, 7) is 7.01. The van der Waals surface area contributed by atoms with E-state index in [1.165, 1.54) is 5.56 Å². The normalized spacial score (nSPS) is 11.1. The van der Waals surface area contributed by atoms with Crippen LogP contribution in [0.25, 0.3) is 10.2 Å². The van der Waals surface area contributed by atoms with E-state index in [0.29, 0.717) is 18.0 Å². The number of fused-ring (bicyclic) bond motifs is 1. The molecule has 3 aromatic rings. The van der Waals surface area contributed by atoms with Gasteiger partial charge in [0.1, 0.15) is 16.5 Å². The summed E-state index contributed by atoms with van der Waals surface area (Å²) in [5, 5.41) is 9.43. The Morgan fingerprint density at radius 2 is 1.92 bits per heavy atom. The molecule has 5 nitrogen and oxygen atoms in total. The van der Waals surface area contributed by atoms with Gasteiger partial charge in [0.2, 0.25) is 0 Å². The number of rotatable bonds is 6. The monoisotopic (exact) mass is 368 g/mol. The second kappa shape index (κ2) is 7.83. The number of benzene rings is 1. The first kappa shape index (κ1) is 18.3. The summed E-state index contributed by atoms with van der Waals surface area (Å²) in [5.41, 5.74) is 3.06. The smallest absolute Gasteiger partial charge is 0.251 e. The predicted molar refractivity (Wildman–Crippen MR) is 108 cm³/mol. The fourth-order valence-corrected chi connectivity index (χ4v) is 3.93. The van der Waals surface area contributed by atoms with E-state index in [2.05, 4.69) is 39.8 Å². The molecule has 0 saturated carbocycles. The first-order valence-electron chi connectivity index (χ1n) is 8.77. The van der Waals surface area contributed by atoms with Crippen molar-refractivity contribution in [3.05, 3.63) is 52.2 Å². The van der Waals surface area contributed by atoms with Crippen LogP contribution in [0, 0.1) is 12.8 Å². The van der Waals surface area contributed by atoms with E-state index < -0.39 is 0 Å². The largest absolute Gasteiger partial charge is 0.365 e.